The Hall–Kier alpha value is -6.24. The lowest BCUT2D eigenvalue weighted by Gasteiger charge is -2.35. The van der Waals surface area contributed by atoms with Crippen molar-refractivity contribution in [2.75, 3.05) is 0 Å². The minimum absolute atomic E-state index is 0. The van der Waals surface area contributed by atoms with Gasteiger partial charge in [0.2, 0.25) is 0 Å². The second-order valence-electron chi connectivity index (χ2n) is 48.8. The molecule has 0 fully saturated rings. The summed E-state index contributed by atoms with van der Waals surface area (Å²) >= 11 is 0. The van der Waals surface area contributed by atoms with Crippen LogP contribution in [-0.4, -0.2) is 0 Å². The molecule has 0 aliphatic rings. The van der Waals surface area contributed by atoms with E-state index in [0.29, 0.717) is 5.56 Å². The molecule has 3 unspecified atom stereocenters. The number of benzene rings is 8. The van der Waals surface area contributed by atoms with E-state index in [-0.39, 0.29) is 92.6 Å². The first kappa shape index (κ1) is 79.8. The fourth-order valence-electron chi connectivity index (χ4n) is 15.5. The van der Waals surface area contributed by atoms with Gasteiger partial charge in [-0.3, -0.25) is 0 Å². The summed E-state index contributed by atoms with van der Waals surface area (Å²) in [5.41, 5.74) is 12.2. The SMILES string of the molecule is C.C.[2H]C(C)(C)c1cccc(C(C)(C)C)c1C(C)(C)C.[2H]C(C)(C)c1ccccc1C(C)(C)C.[2H]C([2H])([2H])C([2H])(c1cccc(C([2H])(C([2H])([2H])[2H])C([2H])([2H])C)c1C(C)(C)C)C([2H])([2H])[2H].[2H]C([2H])([2H])C([2H])(c1ccccc1C(C)(C)C)C([2H])([2H])[2H].[2H]C([2H])(c1cccc(C([2H])(C)C(C)(C)C)c1C(C)(C)C)C(C)(C)C.[2H]C([2H])(c1cccc(C([2H])(C)C(C)C)c1C(C)(C)C)C(C)C.[2H]C([2H])(c1ccccc1C(C)(C)C)C(C)(C)C.[2H]C([2H])(c1ccccc1C(C)(C)C)C(C)C. The lowest BCUT2D eigenvalue weighted by atomic mass is 9.69. The molecule has 0 radical (unpaired) electrons. The first-order chi connectivity index (χ1) is 70.4. The van der Waals surface area contributed by atoms with Crippen LogP contribution in [0.15, 0.2) is 170 Å². The Morgan fingerprint density at radius 2 is 0.527 bits per heavy atom. The van der Waals surface area contributed by atoms with Crippen molar-refractivity contribution in [1.82, 2.24) is 0 Å². The van der Waals surface area contributed by atoms with Gasteiger partial charge < -0.3 is 0 Å². The third-order valence-electron chi connectivity index (χ3n) is 21.9. The molecular weight excluding hydrogens is 1570 g/mol. The molecule has 0 heterocycles. The van der Waals surface area contributed by atoms with Crippen LogP contribution in [0.2, 0.25) is 0 Å². The average Bonchev–Trinajstić information content (AvgIpc) is 0.696. The van der Waals surface area contributed by atoms with Crippen molar-refractivity contribution in [1.29, 1.82) is 0 Å². The fourth-order valence-corrected chi connectivity index (χ4v) is 15.5. The topological polar surface area (TPSA) is 0 Å². The molecule has 3 atom stereocenters. The van der Waals surface area contributed by atoms with Gasteiger partial charge in [0.1, 0.15) is 0 Å². The van der Waals surface area contributed by atoms with Crippen LogP contribution in [0, 0.1) is 34.0 Å². The van der Waals surface area contributed by atoms with Crippen LogP contribution < -0.4 is 0 Å². The molecule has 8 rings (SSSR count). The zero-order chi connectivity index (χ0) is 129. The second kappa shape index (κ2) is 52.3. The van der Waals surface area contributed by atoms with E-state index in [2.05, 4.69) is 216 Å². The van der Waals surface area contributed by atoms with Gasteiger partial charge in [0.05, 0.1) is 0 Å². The molecule has 0 bridgehead atoms. The Morgan fingerprint density at radius 3 is 0.870 bits per heavy atom. The van der Waals surface area contributed by atoms with Gasteiger partial charge in [-0.2, -0.15) is 0 Å². The minimum Gasteiger partial charge on any atom is -0.0776 e. The molecule has 0 saturated carbocycles. The minimum atomic E-state index is -3.31. The van der Waals surface area contributed by atoms with Gasteiger partial charge in [0, 0.05) is 43.9 Å². The maximum Gasteiger partial charge on any atom is 0.0355 e. The zero-order valence-corrected chi connectivity index (χ0v) is 91.4. The van der Waals surface area contributed by atoms with Crippen molar-refractivity contribution in [3.05, 3.63) is 281 Å². The summed E-state index contributed by atoms with van der Waals surface area (Å²) in [6.07, 6.45) is -8.06. The average molecular weight is 1830 g/mol. The normalized spacial score (nSPS) is 18.9. The van der Waals surface area contributed by atoms with Crippen molar-refractivity contribution in [2.45, 2.75) is 510 Å². The van der Waals surface area contributed by atoms with Gasteiger partial charge >= 0.3 is 0 Å². The summed E-state index contributed by atoms with van der Waals surface area (Å²) in [5.74, 6) is -11.2. The van der Waals surface area contributed by atoms with Crippen molar-refractivity contribution >= 4 is 0 Å². The van der Waals surface area contributed by atoms with E-state index in [1.807, 2.05) is 223 Å². The van der Waals surface area contributed by atoms with Crippen LogP contribution in [0.1, 0.15) is 591 Å². The van der Waals surface area contributed by atoms with Gasteiger partial charge in [-0.25, -0.2) is 0 Å². The van der Waals surface area contributed by atoms with Gasteiger partial charge in [-0.15, -0.1) is 0 Å². The monoisotopic (exact) mass is 1820 g/mol. The summed E-state index contributed by atoms with van der Waals surface area (Å²) in [7, 11) is 0. The van der Waals surface area contributed by atoms with Crippen molar-refractivity contribution in [3.8, 4) is 0 Å². The Labute approximate surface area is 865 Å². The second-order valence-corrected chi connectivity index (χ2v) is 48.8. The molecule has 0 aliphatic heterocycles. The summed E-state index contributed by atoms with van der Waals surface area (Å²) in [6.45, 7) is 82.5. The van der Waals surface area contributed by atoms with Crippen molar-refractivity contribution in [2.24, 2.45) is 34.0 Å². The molecule has 0 heteroatoms. The maximum absolute atomic E-state index is 9.07. The standard InChI is InChI=1S/C21H36.C19H32.2C17H28.C15H24.C14H22.2C13H20.2CH4/c1-15(20(5,6)7)17-13-11-12-16(14-19(2,3)4)18(17)21(8,9)10;1-13(2)12-16-10-9-11-17(15(5)14(3)4)18(16)19(6,7)8;1-12(2)13-10-9-11-14(16(3,4)5)15(13)17(6,7)8;1-8-13(4)15-11-9-10-14(12(2)3)16(15)17(5,6)7;1-14(2,3)11-12-9-7-8-10-13(12)15(4,5)6;1-11(2)10-12-8-6-7-9-13(12)14(3,4)5;2*1-10(2)11-8-6-7-9-12(11)13(3,4)5;;/h11-13,15H,14H2,1-10H3;9-11,13-15H,12H2,1-8H3;9-12H,1-8H3;9-13H,8H2,1-7H3;7-10H,11H2,1-6H3;6-9,11H,10H2,1-5H3;2*6-10H,1-5H3;2*1H4/i14D2,15D;12D2,15D;12D;2D3,3D3,4D3,8D2,12D,13D;11D2;10D2;1D3,2D3,10D;10D;;. The molecule has 742 valence electrons. The molecule has 0 amide bonds. The van der Waals surface area contributed by atoms with E-state index in [9.17, 15) is 0 Å². The van der Waals surface area contributed by atoms with Crippen molar-refractivity contribution in [3.63, 3.8) is 0 Å². The largest absolute Gasteiger partial charge is 0.0776 e. The molecule has 0 aromatic heterocycles. The van der Waals surface area contributed by atoms with Crippen LogP contribution in [-0.2, 0) is 74.2 Å². The molecule has 131 heavy (non-hydrogen) atoms. The summed E-state index contributed by atoms with van der Waals surface area (Å²) in [4.78, 5) is 0. The third kappa shape index (κ3) is 43.3. The Kier molecular flexibility index (Phi) is 31.9. The lowest BCUT2D eigenvalue weighted by molar-refractivity contribution is 0.334. The van der Waals surface area contributed by atoms with E-state index in [0.717, 1.165) is 79.8 Å². The Morgan fingerprint density at radius 1 is 0.252 bits per heavy atom. The van der Waals surface area contributed by atoms with Gasteiger partial charge in [0.25, 0.3) is 0 Å². The van der Waals surface area contributed by atoms with Crippen LogP contribution in [0.25, 0.3) is 0 Å². The summed E-state index contributed by atoms with van der Waals surface area (Å²) in [6, 6.07) is 52.0. The molecule has 0 nitrogen and oxygen atoms in total. The number of hydrogen-bond acceptors (Lipinski definition) is 0. The molecule has 0 aliphatic carbocycles. The molecule has 8 aromatic rings. The van der Waals surface area contributed by atoms with E-state index < -0.39 is 135 Å². The van der Waals surface area contributed by atoms with E-state index in [4.69, 9.17) is 43.9 Å². The Balaban J connectivity index is 0. The fraction of sp³-hybridized carbons (Fsp3) is 0.634. The smallest absolute Gasteiger partial charge is 0.0355 e. The van der Waals surface area contributed by atoms with Crippen molar-refractivity contribution < 1.29 is 43.9 Å². The van der Waals surface area contributed by atoms with Crippen LogP contribution >= 0.6 is 0 Å². The highest BCUT2D eigenvalue weighted by atomic mass is 14.4. The summed E-state index contributed by atoms with van der Waals surface area (Å²) < 4.78 is 260. The molecular formula is C131H218. The highest BCUT2D eigenvalue weighted by Gasteiger charge is 2.34. The summed E-state index contributed by atoms with van der Waals surface area (Å²) in [5, 5.41) is 0. The van der Waals surface area contributed by atoms with Gasteiger partial charge in [-0.05, 0) is 267 Å². The lowest BCUT2D eigenvalue weighted by Crippen LogP contribution is -2.24. The van der Waals surface area contributed by atoms with E-state index in [1.165, 1.54) is 34.9 Å². The molecule has 8 aromatic carbocycles. The van der Waals surface area contributed by atoms with E-state index in [1.54, 1.807) is 39.0 Å². The zero-order valence-electron chi connectivity index (χ0n) is 123. The van der Waals surface area contributed by atoms with Gasteiger partial charge in [0.15, 0.2) is 0 Å². The highest BCUT2D eigenvalue weighted by Crippen LogP contribution is 2.46. The molecule has 0 saturated heterocycles. The third-order valence-corrected chi connectivity index (χ3v) is 21.9. The first-order valence-electron chi connectivity index (χ1n) is 63.4. The maximum atomic E-state index is 9.07. The van der Waals surface area contributed by atoms with E-state index >= 15 is 0 Å². The number of rotatable bonds is 15. The Bertz CT molecular complexity index is 5800. The molecule has 0 N–H and O–H groups in total. The molecule has 0 spiro atoms. The van der Waals surface area contributed by atoms with Crippen LogP contribution in [0.4, 0.5) is 0 Å². The first-order valence-corrected chi connectivity index (χ1v) is 47.4. The van der Waals surface area contributed by atoms with Gasteiger partial charge in [-0.1, -0.05) is 558 Å². The van der Waals surface area contributed by atoms with Crippen LogP contribution in [0.5, 0.6) is 0 Å². The quantitative estimate of drug-likeness (QED) is 0.0960. The predicted molar refractivity (Wildman–Crippen MR) is 603 cm³/mol. The predicted octanol–water partition coefficient (Wildman–Crippen LogP) is 41.9. The number of hydrogen-bond donors (Lipinski definition) is 0. The highest BCUT2D eigenvalue weighted by molar-refractivity contribution is 5.48. The van der Waals surface area contributed by atoms with Crippen LogP contribution in [0.3, 0.4) is 0 Å².